The van der Waals surface area contributed by atoms with E-state index in [2.05, 4.69) is 10.1 Å². The standard InChI is InChI=1S/C20H20N2O6/c1-12(2)27-16-7-5-4-6-13(16)10-15-18(23)22(20(25)21-15)11-14-8-9-17(28-14)19(24)26-3/h4-10,12H,11H2,1-3H3,(H,21,25). The molecule has 1 fully saturated rings. The number of benzene rings is 1. The van der Waals surface area contributed by atoms with Crippen LogP contribution in [-0.2, 0) is 16.1 Å². The first-order valence-corrected chi connectivity index (χ1v) is 8.66. The SMILES string of the molecule is COC(=O)c1ccc(CN2C(=O)NC(=Cc3ccccc3OC(C)C)C2=O)o1. The number of imide groups is 1. The molecule has 8 nitrogen and oxygen atoms in total. The largest absolute Gasteiger partial charge is 0.490 e. The number of furan rings is 1. The van der Waals surface area contributed by atoms with Crippen molar-refractivity contribution in [2.24, 2.45) is 0 Å². The van der Waals surface area contributed by atoms with Crippen LogP contribution in [0, 0.1) is 0 Å². The molecule has 0 radical (unpaired) electrons. The Kier molecular flexibility index (Phi) is 5.49. The third-order valence-electron chi connectivity index (χ3n) is 3.91. The van der Waals surface area contributed by atoms with Crippen molar-refractivity contribution in [2.45, 2.75) is 26.5 Å². The van der Waals surface area contributed by atoms with Crippen LogP contribution in [0.15, 0.2) is 46.5 Å². The lowest BCUT2D eigenvalue weighted by Crippen LogP contribution is -2.30. The molecular formula is C20H20N2O6. The number of carbonyl (C=O) groups is 3. The van der Waals surface area contributed by atoms with Crippen LogP contribution in [-0.4, -0.2) is 36.0 Å². The summed E-state index contributed by atoms with van der Waals surface area (Å²) < 4.78 is 15.6. The van der Waals surface area contributed by atoms with Crippen LogP contribution >= 0.6 is 0 Å². The molecule has 2 heterocycles. The fourth-order valence-corrected chi connectivity index (χ4v) is 2.66. The predicted molar refractivity (Wildman–Crippen MR) is 99.3 cm³/mol. The molecule has 1 saturated heterocycles. The lowest BCUT2D eigenvalue weighted by atomic mass is 10.1. The van der Waals surface area contributed by atoms with E-state index < -0.39 is 17.9 Å². The molecule has 1 aromatic carbocycles. The number of carbonyl (C=O) groups excluding carboxylic acids is 3. The first-order valence-electron chi connectivity index (χ1n) is 8.66. The number of hydrogen-bond donors (Lipinski definition) is 1. The fraction of sp³-hybridized carbons (Fsp3) is 0.250. The molecule has 0 saturated carbocycles. The van der Waals surface area contributed by atoms with Crippen molar-refractivity contribution in [2.75, 3.05) is 7.11 Å². The van der Waals surface area contributed by atoms with Gasteiger partial charge in [-0.25, -0.2) is 9.59 Å². The molecule has 2 aromatic rings. The van der Waals surface area contributed by atoms with E-state index in [4.69, 9.17) is 9.15 Å². The molecular weight excluding hydrogens is 364 g/mol. The van der Waals surface area contributed by atoms with Crippen molar-refractivity contribution in [1.82, 2.24) is 10.2 Å². The molecule has 3 amide bonds. The van der Waals surface area contributed by atoms with Gasteiger partial charge in [0.2, 0.25) is 5.76 Å². The summed E-state index contributed by atoms with van der Waals surface area (Å²) >= 11 is 0. The highest BCUT2D eigenvalue weighted by Crippen LogP contribution is 2.24. The number of rotatable bonds is 6. The van der Waals surface area contributed by atoms with Crippen molar-refractivity contribution < 1.29 is 28.3 Å². The zero-order valence-electron chi connectivity index (χ0n) is 15.7. The topological polar surface area (TPSA) is 98.1 Å². The molecule has 8 heteroatoms. The number of hydrogen-bond acceptors (Lipinski definition) is 6. The Labute approximate surface area is 161 Å². The quantitative estimate of drug-likeness (QED) is 0.467. The van der Waals surface area contributed by atoms with Crippen molar-refractivity contribution in [3.05, 3.63) is 59.2 Å². The maximum absolute atomic E-state index is 12.7. The minimum atomic E-state index is -0.634. The van der Waals surface area contributed by atoms with Crippen molar-refractivity contribution in [1.29, 1.82) is 0 Å². The highest BCUT2D eigenvalue weighted by atomic mass is 16.5. The summed E-state index contributed by atoms with van der Waals surface area (Å²) in [6.07, 6.45) is 1.54. The summed E-state index contributed by atoms with van der Waals surface area (Å²) in [7, 11) is 1.24. The fourth-order valence-electron chi connectivity index (χ4n) is 2.66. The predicted octanol–water partition coefficient (Wildman–Crippen LogP) is 2.95. The maximum Gasteiger partial charge on any atom is 0.373 e. The minimum absolute atomic E-state index is 0.0000752. The summed E-state index contributed by atoms with van der Waals surface area (Å²) in [5.41, 5.74) is 0.803. The van der Waals surface area contributed by atoms with E-state index in [9.17, 15) is 14.4 Å². The highest BCUT2D eigenvalue weighted by molar-refractivity contribution is 6.14. The molecule has 0 unspecified atom stereocenters. The molecule has 1 aromatic heterocycles. The lowest BCUT2D eigenvalue weighted by molar-refractivity contribution is -0.123. The summed E-state index contributed by atoms with van der Waals surface area (Å²) in [5, 5.41) is 2.55. The minimum Gasteiger partial charge on any atom is -0.490 e. The second-order valence-corrected chi connectivity index (χ2v) is 6.34. The normalized spacial score (nSPS) is 15.3. The van der Waals surface area contributed by atoms with Gasteiger partial charge in [0.05, 0.1) is 19.8 Å². The van der Waals surface area contributed by atoms with Crippen LogP contribution in [0.25, 0.3) is 6.08 Å². The van der Waals surface area contributed by atoms with Gasteiger partial charge in [0.1, 0.15) is 17.2 Å². The molecule has 0 aliphatic carbocycles. The van der Waals surface area contributed by atoms with E-state index in [-0.39, 0.29) is 29.9 Å². The summed E-state index contributed by atoms with van der Waals surface area (Å²) in [6.45, 7) is 3.70. The van der Waals surface area contributed by atoms with Gasteiger partial charge in [0.15, 0.2) is 0 Å². The molecule has 3 rings (SSSR count). The zero-order chi connectivity index (χ0) is 20.3. The van der Waals surface area contributed by atoms with Gasteiger partial charge in [-0.05, 0) is 38.1 Å². The third-order valence-corrected chi connectivity index (χ3v) is 3.91. The summed E-state index contributed by atoms with van der Waals surface area (Å²) in [4.78, 5) is 37.4. The van der Waals surface area contributed by atoms with Crippen LogP contribution in [0.5, 0.6) is 5.75 Å². The van der Waals surface area contributed by atoms with Gasteiger partial charge in [-0.2, -0.15) is 0 Å². The van der Waals surface area contributed by atoms with E-state index in [0.29, 0.717) is 11.3 Å². The van der Waals surface area contributed by atoms with Gasteiger partial charge < -0.3 is 19.2 Å². The second kappa shape index (κ2) is 7.99. The number of urea groups is 1. The molecule has 0 spiro atoms. The molecule has 1 N–H and O–H groups in total. The van der Waals surface area contributed by atoms with E-state index in [0.717, 1.165) is 4.90 Å². The van der Waals surface area contributed by atoms with Crippen LogP contribution in [0.2, 0.25) is 0 Å². The Morgan fingerprint density at radius 2 is 1.96 bits per heavy atom. The van der Waals surface area contributed by atoms with Crippen LogP contribution in [0.1, 0.15) is 35.7 Å². The van der Waals surface area contributed by atoms with Gasteiger partial charge >= 0.3 is 12.0 Å². The number of para-hydroxylation sites is 1. The third kappa shape index (κ3) is 4.06. The van der Waals surface area contributed by atoms with E-state index in [1.54, 1.807) is 18.2 Å². The van der Waals surface area contributed by atoms with Crippen LogP contribution in [0.4, 0.5) is 4.79 Å². The second-order valence-electron chi connectivity index (χ2n) is 6.34. The molecule has 0 bridgehead atoms. The Balaban J connectivity index is 1.79. The Morgan fingerprint density at radius 1 is 1.21 bits per heavy atom. The van der Waals surface area contributed by atoms with Crippen molar-refractivity contribution >= 4 is 24.0 Å². The maximum atomic E-state index is 12.7. The van der Waals surface area contributed by atoms with Crippen molar-refractivity contribution in [3.8, 4) is 5.75 Å². The molecule has 146 valence electrons. The van der Waals surface area contributed by atoms with Crippen molar-refractivity contribution in [3.63, 3.8) is 0 Å². The average molecular weight is 384 g/mol. The molecule has 28 heavy (non-hydrogen) atoms. The Morgan fingerprint density at radius 3 is 2.68 bits per heavy atom. The van der Waals surface area contributed by atoms with Gasteiger partial charge in [0.25, 0.3) is 5.91 Å². The van der Waals surface area contributed by atoms with E-state index in [1.807, 2.05) is 26.0 Å². The average Bonchev–Trinajstić information content (AvgIpc) is 3.23. The highest BCUT2D eigenvalue weighted by Gasteiger charge is 2.34. The van der Waals surface area contributed by atoms with Gasteiger partial charge in [-0.1, -0.05) is 18.2 Å². The molecule has 0 atom stereocenters. The molecule has 1 aliphatic rings. The summed E-state index contributed by atoms with van der Waals surface area (Å²) in [5.74, 6) is -0.237. The first-order chi connectivity index (χ1) is 13.4. The van der Waals surface area contributed by atoms with Crippen LogP contribution in [0.3, 0.4) is 0 Å². The first kappa shape index (κ1) is 19.2. The smallest absolute Gasteiger partial charge is 0.373 e. The monoisotopic (exact) mass is 384 g/mol. The lowest BCUT2D eigenvalue weighted by Gasteiger charge is -2.12. The Hall–Kier alpha value is -3.55. The number of amides is 3. The van der Waals surface area contributed by atoms with Gasteiger partial charge in [0, 0.05) is 5.56 Å². The van der Waals surface area contributed by atoms with Gasteiger partial charge in [-0.15, -0.1) is 0 Å². The van der Waals surface area contributed by atoms with E-state index in [1.165, 1.54) is 19.2 Å². The number of esters is 1. The summed E-state index contributed by atoms with van der Waals surface area (Å²) in [6, 6.07) is 9.60. The number of ether oxygens (including phenoxy) is 2. The van der Waals surface area contributed by atoms with E-state index >= 15 is 0 Å². The zero-order valence-corrected chi connectivity index (χ0v) is 15.7. The van der Waals surface area contributed by atoms with Gasteiger partial charge in [-0.3, -0.25) is 9.69 Å². The number of methoxy groups -OCH3 is 1. The number of nitrogens with one attached hydrogen (secondary N) is 1. The van der Waals surface area contributed by atoms with Crippen LogP contribution < -0.4 is 10.1 Å². The molecule has 1 aliphatic heterocycles. The number of nitrogens with zero attached hydrogens (tertiary/aromatic N) is 1. The Bertz CT molecular complexity index is 944.